The lowest BCUT2D eigenvalue weighted by Gasteiger charge is -2.07. The van der Waals surface area contributed by atoms with Gasteiger partial charge in [0, 0.05) is 5.70 Å². The number of hydrogen-bond acceptors (Lipinski definition) is 2. The maximum Gasteiger partial charge on any atom is 0.145 e. The number of nitrogens with two attached hydrogens (primary N) is 1. The third-order valence-electron chi connectivity index (χ3n) is 1.68. The number of rotatable bonds is 3. The molecule has 0 saturated heterocycles. The molecule has 0 aliphatic heterocycles. The van der Waals surface area contributed by atoms with Crippen LogP contribution in [0.4, 0.5) is 0 Å². The van der Waals surface area contributed by atoms with Crippen LogP contribution in [0, 0.1) is 0 Å². The Morgan fingerprint density at radius 1 is 1.29 bits per heavy atom. The average Bonchev–Trinajstić information content (AvgIpc) is 2.18. The highest BCUT2D eigenvalue weighted by Crippen LogP contribution is 2.14. The normalized spacial score (nSPS) is 12.7. The Balaban J connectivity index is 2.82. The summed E-state index contributed by atoms with van der Waals surface area (Å²) in [5.41, 5.74) is 6.35. The molecule has 0 fully saturated rings. The van der Waals surface area contributed by atoms with E-state index in [1.54, 1.807) is 0 Å². The van der Waals surface area contributed by atoms with Crippen LogP contribution in [0.5, 0.6) is 5.75 Å². The summed E-state index contributed by atoms with van der Waals surface area (Å²) in [6.07, 6.45) is 3.75. The summed E-state index contributed by atoms with van der Waals surface area (Å²) < 4.78 is 5.58. The average molecular weight is 189 g/mol. The van der Waals surface area contributed by atoms with Crippen LogP contribution >= 0.6 is 0 Å². The van der Waals surface area contributed by atoms with E-state index in [0.29, 0.717) is 11.5 Å². The van der Waals surface area contributed by atoms with Crippen molar-refractivity contribution in [3.63, 3.8) is 0 Å². The molecular formula is C12H15NO. The molecule has 0 aliphatic carbocycles. The molecule has 0 saturated carbocycles. The van der Waals surface area contributed by atoms with Gasteiger partial charge < -0.3 is 10.5 Å². The van der Waals surface area contributed by atoms with Crippen molar-refractivity contribution >= 4 is 0 Å². The van der Waals surface area contributed by atoms with E-state index in [9.17, 15) is 0 Å². The number of para-hydroxylation sites is 1. The quantitative estimate of drug-likeness (QED) is 0.586. The van der Waals surface area contributed by atoms with Crippen LogP contribution in [0.3, 0.4) is 0 Å². The topological polar surface area (TPSA) is 35.2 Å². The molecule has 0 spiro atoms. The summed E-state index contributed by atoms with van der Waals surface area (Å²) in [7, 11) is 0. The molecule has 2 N–H and O–H groups in total. The molecule has 1 aromatic rings. The smallest absolute Gasteiger partial charge is 0.145 e. The maximum atomic E-state index is 5.67. The van der Waals surface area contributed by atoms with E-state index in [0.717, 1.165) is 5.75 Å². The zero-order valence-electron chi connectivity index (χ0n) is 8.53. The Morgan fingerprint density at radius 2 is 1.93 bits per heavy atom. The maximum absolute atomic E-state index is 5.67. The van der Waals surface area contributed by atoms with Crippen molar-refractivity contribution in [2.24, 2.45) is 5.73 Å². The van der Waals surface area contributed by atoms with E-state index >= 15 is 0 Å². The van der Waals surface area contributed by atoms with Crippen LogP contribution in [0.15, 0.2) is 53.9 Å². The van der Waals surface area contributed by atoms with Gasteiger partial charge in [0.25, 0.3) is 0 Å². The number of allylic oxidation sites excluding steroid dienone is 3. The third kappa shape index (κ3) is 2.98. The van der Waals surface area contributed by atoms with E-state index in [2.05, 4.69) is 0 Å². The predicted molar refractivity (Wildman–Crippen MR) is 58.8 cm³/mol. The molecule has 0 amide bonds. The highest BCUT2D eigenvalue weighted by atomic mass is 16.5. The molecule has 0 radical (unpaired) electrons. The Labute approximate surface area is 84.7 Å². The van der Waals surface area contributed by atoms with Crippen LogP contribution < -0.4 is 10.5 Å². The van der Waals surface area contributed by atoms with Crippen LogP contribution in [0.1, 0.15) is 13.8 Å². The molecule has 0 heterocycles. The monoisotopic (exact) mass is 189 g/mol. The summed E-state index contributed by atoms with van der Waals surface area (Å²) in [6.45, 7) is 3.75. The molecule has 2 nitrogen and oxygen atoms in total. The van der Waals surface area contributed by atoms with Gasteiger partial charge in [-0.25, -0.2) is 0 Å². The lowest BCUT2D eigenvalue weighted by atomic mass is 10.3. The molecule has 0 aromatic heterocycles. The Bertz CT molecular complexity index is 335. The zero-order chi connectivity index (χ0) is 10.4. The van der Waals surface area contributed by atoms with Gasteiger partial charge in [-0.3, -0.25) is 0 Å². The van der Waals surface area contributed by atoms with E-state index in [1.165, 1.54) is 0 Å². The molecule has 0 bridgehead atoms. The summed E-state index contributed by atoms with van der Waals surface area (Å²) in [6, 6.07) is 9.59. The van der Waals surface area contributed by atoms with Crippen LogP contribution in [-0.4, -0.2) is 0 Å². The van der Waals surface area contributed by atoms with E-state index in [-0.39, 0.29) is 0 Å². The first-order valence-electron chi connectivity index (χ1n) is 4.56. The molecular weight excluding hydrogens is 174 g/mol. The van der Waals surface area contributed by atoms with Gasteiger partial charge in [0.15, 0.2) is 0 Å². The van der Waals surface area contributed by atoms with Gasteiger partial charge >= 0.3 is 0 Å². The Hall–Kier alpha value is -1.70. The lowest BCUT2D eigenvalue weighted by Crippen LogP contribution is -2.02. The largest absolute Gasteiger partial charge is 0.456 e. The molecule has 1 aromatic carbocycles. The first kappa shape index (κ1) is 10.4. The standard InChI is InChI=1S/C12H15NO/c1-3-7-12(10(2)13)14-11-8-5-4-6-9-11/h3-9H,13H2,1-2H3/b7-3-,12-10-. The first-order valence-corrected chi connectivity index (χ1v) is 4.56. The van der Waals surface area contributed by atoms with Crippen molar-refractivity contribution in [3.8, 4) is 5.75 Å². The number of ether oxygens (including phenoxy) is 1. The van der Waals surface area contributed by atoms with E-state index < -0.39 is 0 Å². The van der Waals surface area contributed by atoms with Gasteiger partial charge in [0.05, 0.1) is 0 Å². The Morgan fingerprint density at radius 3 is 2.43 bits per heavy atom. The minimum atomic E-state index is 0.673. The second kappa shape index (κ2) is 5.12. The fourth-order valence-electron chi connectivity index (χ4n) is 1.01. The highest BCUT2D eigenvalue weighted by molar-refractivity contribution is 5.27. The fraction of sp³-hybridized carbons (Fsp3) is 0.167. The van der Waals surface area contributed by atoms with Crippen molar-refractivity contribution in [3.05, 3.63) is 53.9 Å². The number of benzene rings is 1. The zero-order valence-corrected chi connectivity index (χ0v) is 8.53. The summed E-state index contributed by atoms with van der Waals surface area (Å²) in [4.78, 5) is 0. The number of hydrogen-bond donors (Lipinski definition) is 1. The molecule has 0 unspecified atom stereocenters. The SMILES string of the molecule is C/C=C\C(Oc1ccccc1)=C(/C)N. The van der Waals surface area contributed by atoms with Gasteiger partial charge in [-0.05, 0) is 32.1 Å². The summed E-state index contributed by atoms with van der Waals surface area (Å²) >= 11 is 0. The van der Waals surface area contributed by atoms with Gasteiger partial charge in [-0.1, -0.05) is 24.3 Å². The van der Waals surface area contributed by atoms with Crippen molar-refractivity contribution in [2.75, 3.05) is 0 Å². The predicted octanol–water partition coefficient (Wildman–Crippen LogP) is 2.83. The molecule has 2 heteroatoms. The first-order chi connectivity index (χ1) is 6.74. The summed E-state index contributed by atoms with van der Waals surface area (Å²) in [5, 5.41) is 0. The fourth-order valence-corrected chi connectivity index (χ4v) is 1.01. The highest BCUT2D eigenvalue weighted by Gasteiger charge is 1.98. The van der Waals surface area contributed by atoms with Crippen molar-refractivity contribution in [1.82, 2.24) is 0 Å². The molecule has 0 aliphatic rings. The second-order valence-electron chi connectivity index (χ2n) is 2.96. The second-order valence-corrected chi connectivity index (χ2v) is 2.96. The molecule has 0 atom stereocenters. The van der Waals surface area contributed by atoms with Gasteiger partial charge in [-0.15, -0.1) is 0 Å². The van der Waals surface area contributed by atoms with Crippen LogP contribution in [0.25, 0.3) is 0 Å². The van der Waals surface area contributed by atoms with Gasteiger partial charge in [0.2, 0.25) is 0 Å². The van der Waals surface area contributed by atoms with Crippen LogP contribution in [-0.2, 0) is 0 Å². The van der Waals surface area contributed by atoms with E-state index in [4.69, 9.17) is 10.5 Å². The van der Waals surface area contributed by atoms with Crippen molar-refractivity contribution < 1.29 is 4.74 Å². The minimum absolute atomic E-state index is 0.673. The van der Waals surface area contributed by atoms with E-state index in [1.807, 2.05) is 56.3 Å². The molecule has 14 heavy (non-hydrogen) atoms. The lowest BCUT2D eigenvalue weighted by molar-refractivity contribution is 0.437. The minimum Gasteiger partial charge on any atom is -0.456 e. The molecule has 74 valence electrons. The van der Waals surface area contributed by atoms with Crippen molar-refractivity contribution in [2.45, 2.75) is 13.8 Å². The summed E-state index contributed by atoms with van der Waals surface area (Å²) in [5.74, 6) is 1.49. The van der Waals surface area contributed by atoms with Gasteiger partial charge in [-0.2, -0.15) is 0 Å². The Kier molecular flexibility index (Phi) is 3.80. The van der Waals surface area contributed by atoms with Crippen molar-refractivity contribution in [1.29, 1.82) is 0 Å². The van der Waals surface area contributed by atoms with Crippen LogP contribution in [0.2, 0.25) is 0 Å². The van der Waals surface area contributed by atoms with Gasteiger partial charge in [0.1, 0.15) is 11.5 Å². The third-order valence-corrected chi connectivity index (χ3v) is 1.68. The molecule has 1 rings (SSSR count).